The normalized spacial score (nSPS) is 15.5. The first kappa shape index (κ1) is 26.4. The van der Waals surface area contributed by atoms with E-state index in [9.17, 15) is 27.2 Å². The Morgan fingerprint density at radius 2 is 1.86 bits per heavy atom. The van der Waals surface area contributed by atoms with E-state index in [4.69, 9.17) is 0 Å². The molecule has 0 unspecified atom stereocenters. The summed E-state index contributed by atoms with van der Waals surface area (Å²) in [6.45, 7) is 3.89. The van der Waals surface area contributed by atoms with E-state index in [-0.39, 0.29) is 39.9 Å². The van der Waals surface area contributed by atoms with Gasteiger partial charge in [-0.1, -0.05) is 37.3 Å². The third-order valence-electron chi connectivity index (χ3n) is 6.82. The molecule has 4 nitrogen and oxygen atoms in total. The van der Waals surface area contributed by atoms with Crippen LogP contribution in [0.3, 0.4) is 0 Å². The third kappa shape index (κ3) is 5.24. The summed E-state index contributed by atoms with van der Waals surface area (Å²) in [5, 5.41) is 2.70. The zero-order valence-electron chi connectivity index (χ0n) is 20.9. The van der Waals surface area contributed by atoms with Gasteiger partial charge in [-0.25, -0.2) is 17.6 Å². The van der Waals surface area contributed by atoms with Crippen LogP contribution in [0, 0.1) is 24.5 Å². The van der Waals surface area contributed by atoms with Crippen molar-refractivity contribution in [3.63, 3.8) is 0 Å². The van der Waals surface area contributed by atoms with Crippen molar-refractivity contribution in [3.8, 4) is 0 Å². The lowest BCUT2D eigenvalue weighted by Crippen LogP contribution is -2.34. The van der Waals surface area contributed by atoms with Crippen molar-refractivity contribution in [1.82, 2.24) is 9.88 Å². The van der Waals surface area contributed by atoms with Gasteiger partial charge in [-0.05, 0) is 62.8 Å². The largest absolute Gasteiger partial charge is 0.345 e. The van der Waals surface area contributed by atoms with Gasteiger partial charge >= 0.3 is 0 Å². The number of rotatable bonds is 8. The van der Waals surface area contributed by atoms with Gasteiger partial charge in [0, 0.05) is 16.7 Å². The van der Waals surface area contributed by atoms with E-state index in [1.54, 1.807) is 12.1 Å². The van der Waals surface area contributed by atoms with Crippen LogP contribution >= 0.6 is 0 Å². The maximum absolute atomic E-state index is 14.9. The van der Waals surface area contributed by atoms with E-state index in [1.807, 2.05) is 0 Å². The van der Waals surface area contributed by atoms with E-state index < -0.39 is 47.3 Å². The average Bonchev–Trinajstić information content (AvgIpc) is 3.71. The maximum Gasteiger partial charge on any atom is 0.261 e. The fourth-order valence-corrected chi connectivity index (χ4v) is 4.70. The quantitative estimate of drug-likeness (QED) is 0.262. The van der Waals surface area contributed by atoms with Crippen LogP contribution in [-0.2, 0) is 6.54 Å². The summed E-state index contributed by atoms with van der Waals surface area (Å²) in [7, 11) is 0. The molecule has 37 heavy (non-hydrogen) atoms. The van der Waals surface area contributed by atoms with Crippen molar-refractivity contribution in [2.24, 2.45) is 5.92 Å². The molecule has 1 atom stereocenters. The number of aromatic nitrogens is 1. The standard InChI is InChI=1S/C29H28F4N2O2/c1-4-22(31)21(23(32)5-2)15-35-16(3)25(20-10-7-11-24(33)26(20)29(35)37)28(36)34-27(17-12-13-17)18-8-6-9-19(30)14-18/h4,6-11,14,17,27H,5,12-13,15H2,1-3H3,(H,34,36)/b22-4+,23-21+/t27-/m0/s1. The molecule has 0 radical (unpaired) electrons. The number of pyridine rings is 1. The number of benzene rings is 2. The first-order valence-corrected chi connectivity index (χ1v) is 12.3. The molecule has 2 aromatic carbocycles. The molecule has 3 aromatic rings. The van der Waals surface area contributed by atoms with Gasteiger partial charge in [-0.3, -0.25) is 9.59 Å². The number of carbonyl (C=O) groups excluding carboxylic acids is 1. The van der Waals surface area contributed by atoms with Crippen molar-refractivity contribution in [1.29, 1.82) is 0 Å². The minimum atomic E-state index is -0.845. The Labute approximate surface area is 212 Å². The molecule has 0 bridgehead atoms. The van der Waals surface area contributed by atoms with Gasteiger partial charge in [0.1, 0.15) is 23.3 Å². The summed E-state index contributed by atoms with van der Waals surface area (Å²) >= 11 is 0. The number of carbonyl (C=O) groups is 1. The minimum absolute atomic E-state index is 0.0216. The zero-order chi connectivity index (χ0) is 26.9. The van der Waals surface area contributed by atoms with E-state index in [0.717, 1.165) is 29.6 Å². The summed E-state index contributed by atoms with van der Waals surface area (Å²) in [4.78, 5) is 27.1. The molecule has 1 heterocycles. The monoisotopic (exact) mass is 512 g/mol. The van der Waals surface area contributed by atoms with Crippen molar-refractivity contribution in [2.75, 3.05) is 0 Å². The molecular formula is C29H28F4N2O2. The van der Waals surface area contributed by atoms with E-state index >= 15 is 0 Å². The summed E-state index contributed by atoms with van der Waals surface area (Å²) in [5.74, 6) is -3.35. The number of amides is 1. The van der Waals surface area contributed by atoms with E-state index in [1.165, 1.54) is 45.0 Å². The summed E-state index contributed by atoms with van der Waals surface area (Å²) in [6.07, 6.45) is 2.68. The molecule has 1 saturated carbocycles. The molecule has 8 heteroatoms. The molecule has 1 fully saturated rings. The van der Waals surface area contributed by atoms with Gasteiger partial charge in [0.05, 0.1) is 23.5 Å². The molecule has 1 amide bonds. The Balaban J connectivity index is 1.88. The highest BCUT2D eigenvalue weighted by Gasteiger charge is 2.35. The predicted molar refractivity (Wildman–Crippen MR) is 136 cm³/mol. The number of fused-ring (bicyclic) bond motifs is 1. The van der Waals surface area contributed by atoms with Crippen LogP contribution in [0.15, 0.2) is 70.6 Å². The molecule has 1 aromatic heterocycles. The highest BCUT2D eigenvalue weighted by molar-refractivity contribution is 6.08. The second-order valence-electron chi connectivity index (χ2n) is 9.23. The molecule has 0 spiro atoms. The number of halogens is 4. The lowest BCUT2D eigenvalue weighted by Gasteiger charge is -2.22. The van der Waals surface area contributed by atoms with Crippen LogP contribution in [0.1, 0.15) is 60.8 Å². The molecule has 1 N–H and O–H groups in total. The van der Waals surface area contributed by atoms with Crippen LogP contribution in [-0.4, -0.2) is 10.5 Å². The number of allylic oxidation sites excluding steroid dienone is 4. The highest BCUT2D eigenvalue weighted by Crippen LogP contribution is 2.41. The average molecular weight is 513 g/mol. The lowest BCUT2D eigenvalue weighted by molar-refractivity contribution is 0.0931. The maximum atomic E-state index is 14.9. The fraction of sp³-hybridized carbons (Fsp3) is 0.310. The number of nitrogens with one attached hydrogen (secondary N) is 1. The molecule has 0 saturated heterocycles. The molecular weight excluding hydrogens is 484 g/mol. The van der Waals surface area contributed by atoms with Crippen molar-refractivity contribution < 1.29 is 22.4 Å². The molecule has 0 aliphatic heterocycles. The van der Waals surface area contributed by atoms with Crippen LogP contribution in [0.2, 0.25) is 0 Å². The summed E-state index contributed by atoms with van der Waals surface area (Å²) in [5.41, 5.74) is -0.375. The summed E-state index contributed by atoms with van der Waals surface area (Å²) < 4.78 is 59.1. The fourth-order valence-electron chi connectivity index (χ4n) is 4.70. The molecule has 1 aliphatic carbocycles. The number of nitrogens with zero attached hydrogens (tertiary/aromatic N) is 1. The van der Waals surface area contributed by atoms with E-state index in [2.05, 4.69) is 5.32 Å². The Hall–Kier alpha value is -3.68. The first-order chi connectivity index (χ1) is 17.7. The van der Waals surface area contributed by atoms with Gasteiger partial charge in [-0.2, -0.15) is 0 Å². The molecule has 1 aliphatic rings. The second kappa shape index (κ2) is 10.7. The topological polar surface area (TPSA) is 51.1 Å². The van der Waals surface area contributed by atoms with Crippen molar-refractivity contribution >= 4 is 16.7 Å². The van der Waals surface area contributed by atoms with Gasteiger partial charge in [0.25, 0.3) is 11.5 Å². The molecule has 4 rings (SSSR count). The minimum Gasteiger partial charge on any atom is -0.345 e. The second-order valence-corrected chi connectivity index (χ2v) is 9.23. The lowest BCUT2D eigenvalue weighted by atomic mass is 9.99. The Morgan fingerprint density at radius 1 is 1.16 bits per heavy atom. The molecule has 194 valence electrons. The zero-order valence-corrected chi connectivity index (χ0v) is 20.9. The predicted octanol–water partition coefficient (Wildman–Crippen LogP) is 6.98. The Morgan fingerprint density at radius 3 is 2.49 bits per heavy atom. The smallest absolute Gasteiger partial charge is 0.261 e. The van der Waals surface area contributed by atoms with Crippen LogP contribution in [0.4, 0.5) is 17.6 Å². The number of hydrogen-bond donors (Lipinski definition) is 1. The Bertz CT molecular complexity index is 1490. The first-order valence-electron chi connectivity index (χ1n) is 12.3. The van der Waals surface area contributed by atoms with Crippen LogP contribution in [0.25, 0.3) is 10.8 Å². The third-order valence-corrected chi connectivity index (χ3v) is 6.82. The van der Waals surface area contributed by atoms with Gasteiger partial charge < -0.3 is 9.88 Å². The highest BCUT2D eigenvalue weighted by atomic mass is 19.1. The van der Waals surface area contributed by atoms with Crippen LogP contribution in [0.5, 0.6) is 0 Å². The summed E-state index contributed by atoms with van der Waals surface area (Å²) in [6, 6.07) is 9.44. The van der Waals surface area contributed by atoms with Gasteiger partial charge in [0.2, 0.25) is 0 Å². The number of hydrogen-bond acceptors (Lipinski definition) is 2. The van der Waals surface area contributed by atoms with Crippen LogP contribution < -0.4 is 10.9 Å². The SMILES string of the molecule is C/C=C(F)\C(Cn1c(C)c(C(=O)N[C@H](c2cccc(F)c2)C2CC2)c2cccc(F)c2c1=O)=C(\F)CC. The van der Waals surface area contributed by atoms with Crippen molar-refractivity contribution in [3.05, 3.63) is 105 Å². The van der Waals surface area contributed by atoms with Crippen molar-refractivity contribution in [2.45, 2.75) is 52.6 Å². The van der Waals surface area contributed by atoms with Gasteiger partial charge in [0.15, 0.2) is 0 Å². The Kier molecular flexibility index (Phi) is 7.66. The van der Waals surface area contributed by atoms with E-state index in [0.29, 0.717) is 5.56 Å². The van der Waals surface area contributed by atoms with Gasteiger partial charge in [-0.15, -0.1) is 0 Å².